The number of carbonyl (C=O) groups excluding carboxylic acids is 2. The number of hydrogen-bond donors (Lipinski definition) is 3. The van der Waals surface area contributed by atoms with Crippen molar-refractivity contribution in [1.29, 1.82) is 0 Å². The molecule has 0 radical (unpaired) electrons. The molecule has 3 aromatic carbocycles. The van der Waals surface area contributed by atoms with E-state index in [1.807, 2.05) is 18.2 Å². The van der Waals surface area contributed by atoms with Gasteiger partial charge >= 0.3 is 0 Å². The van der Waals surface area contributed by atoms with Crippen molar-refractivity contribution in [2.24, 2.45) is 0 Å². The number of carbonyl (C=O) groups is 2. The highest BCUT2D eigenvalue weighted by atomic mass is 33.1. The van der Waals surface area contributed by atoms with Gasteiger partial charge < -0.3 is 10.6 Å². The van der Waals surface area contributed by atoms with Gasteiger partial charge in [-0.3, -0.25) is 9.59 Å². The fourth-order valence-corrected chi connectivity index (χ4v) is 3.25. The molecule has 4 nitrogen and oxygen atoms in total. The van der Waals surface area contributed by atoms with Gasteiger partial charge in [0, 0.05) is 16.0 Å². The quantitative estimate of drug-likeness (QED) is 0.425. The Morgan fingerprint density at radius 2 is 1.23 bits per heavy atom. The predicted octanol–water partition coefficient (Wildman–Crippen LogP) is 5.13. The number of thiol groups is 1. The van der Waals surface area contributed by atoms with Gasteiger partial charge in [-0.25, -0.2) is 0 Å². The maximum absolute atomic E-state index is 12.5. The summed E-state index contributed by atoms with van der Waals surface area (Å²) in [6, 6.07) is 23.2. The summed E-state index contributed by atoms with van der Waals surface area (Å²) in [5, 5.41) is 5.74. The first kappa shape index (κ1) is 18.1. The number of amides is 2. The van der Waals surface area contributed by atoms with Crippen LogP contribution in [0.3, 0.4) is 0 Å². The molecule has 3 aromatic rings. The SMILES string of the molecule is O=C(Nc1cccc(SS)c1NC(=O)c1ccccc1)c1ccccc1. The molecular formula is C20H16N2O2S2. The summed E-state index contributed by atoms with van der Waals surface area (Å²) in [5.41, 5.74) is 2.11. The van der Waals surface area contributed by atoms with Crippen LogP contribution < -0.4 is 10.6 Å². The Hall–Kier alpha value is -2.70. The lowest BCUT2D eigenvalue weighted by molar-refractivity contribution is 0.101. The van der Waals surface area contributed by atoms with Gasteiger partial charge in [-0.2, -0.15) is 0 Å². The molecule has 0 aromatic heterocycles. The Morgan fingerprint density at radius 3 is 1.77 bits per heavy atom. The molecule has 0 unspecified atom stereocenters. The molecule has 130 valence electrons. The monoisotopic (exact) mass is 380 g/mol. The second-order valence-corrected chi connectivity index (χ2v) is 6.58. The van der Waals surface area contributed by atoms with E-state index in [0.717, 1.165) is 4.90 Å². The van der Waals surface area contributed by atoms with Gasteiger partial charge in [-0.1, -0.05) is 53.3 Å². The number of hydrogen-bond acceptors (Lipinski definition) is 4. The van der Waals surface area contributed by atoms with Crippen LogP contribution in [0, 0.1) is 0 Å². The number of para-hydroxylation sites is 1. The van der Waals surface area contributed by atoms with E-state index in [4.69, 9.17) is 0 Å². The van der Waals surface area contributed by atoms with Gasteiger partial charge in [0.25, 0.3) is 11.8 Å². The zero-order valence-corrected chi connectivity index (χ0v) is 15.4. The number of anilines is 2. The second-order valence-electron chi connectivity index (χ2n) is 5.41. The van der Waals surface area contributed by atoms with Crippen LogP contribution >= 0.6 is 22.5 Å². The zero-order valence-electron chi connectivity index (χ0n) is 13.7. The van der Waals surface area contributed by atoms with Gasteiger partial charge in [-0.05, 0) is 36.4 Å². The molecular weight excluding hydrogens is 364 g/mol. The van der Waals surface area contributed by atoms with E-state index in [0.29, 0.717) is 22.5 Å². The van der Waals surface area contributed by atoms with Gasteiger partial charge in [0.2, 0.25) is 0 Å². The topological polar surface area (TPSA) is 58.2 Å². The first-order chi connectivity index (χ1) is 12.7. The van der Waals surface area contributed by atoms with Crippen molar-refractivity contribution in [1.82, 2.24) is 0 Å². The minimum Gasteiger partial charge on any atom is -0.320 e. The standard InChI is InChI=1S/C20H16N2O2S2/c23-19(14-8-3-1-4-9-14)21-16-12-7-13-17(26-25)18(16)22-20(24)15-10-5-2-6-11-15/h1-13,25H,(H,21,23)(H,22,24). The van der Waals surface area contributed by atoms with Crippen molar-refractivity contribution in [3.05, 3.63) is 90.0 Å². The van der Waals surface area contributed by atoms with E-state index in [-0.39, 0.29) is 11.8 Å². The summed E-state index contributed by atoms with van der Waals surface area (Å²) < 4.78 is 0. The van der Waals surface area contributed by atoms with Crippen molar-refractivity contribution in [3.63, 3.8) is 0 Å². The van der Waals surface area contributed by atoms with E-state index in [1.54, 1.807) is 60.7 Å². The molecule has 0 saturated carbocycles. The Balaban J connectivity index is 1.89. The lowest BCUT2D eigenvalue weighted by Crippen LogP contribution is -2.17. The van der Waals surface area contributed by atoms with E-state index < -0.39 is 0 Å². The summed E-state index contributed by atoms with van der Waals surface area (Å²) in [5.74, 6) is -0.502. The lowest BCUT2D eigenvalue weighted by atomic mass is 10.2. The van der Waals surface area contributed by atoms with Crippen molar-refractivity contribution in [3.8, 4) is 0 Å². The highest BCUT2D eigenvalue weighted by molar-refractivity contribution is 8.68. The van der Waals surface area contributed by atoms with E-state index >= 15 is 0 Å². The molecule has 0 aliphatic heterocycles. The summed E-state index contributed by atoms with van der Waals surface area (Å²) in [6.45, 7) is 0. The average molecular weight is 380 g/mol. The third kappa shape index (κ3) is 4.28. The predicted molar refractivity (Wildman–Crippen MR) is 110 cm³/mol. The third-order valence-corrected chi connectivity index (χ3v) is 4.81. The first-order valence-corrected chi connectivity index (χ1v) is 9.73. The molecule has 2 N–H and O–H groups in total. The Kier molecular flexibility index (Phi) is 5.99. The maximum Gasteiger partial charge on any atom is 0.255 e. The van der Waals surface area contributed by atoms with Crippen LogP contribution in [0.15, 0.2) is 83.8 Å². The van der Waals surface area contributed by atoms with Crippen molar-refractivity contribution < 1.29 is 9.59 Å². The van der Waals surface area contributed by atoms with Crippen LogP contribution in [0.25, 0.3) is 0 Å². The normalized spacial score (nSPS) is 10.2. The summed E-state index contributed by atoms with van der Waals surface area (Å²) >= 11 is 4.25. The van der Waals surface area contributed by atoms with Crippen molar-refractivity contribution in [2.75, 3.05) is 10.6 Å². The Labute approximate surface area is 160 Å². The minimum atomic E-state index is -0.254. The number of nitrogens with one attached hydrogen (secondary N) is 2. The van der Waals surface area contributed by atoms with Crippen LogP contribution in [-0.4, -0.2) is 11.8 Å². The van der Waals surface area contributed by atoms with Gasteiger partial charge in [0.1, 0.15) is 0 Å². The van der Waals surface area contributed by atoms with Gasteiger partial charge in [0.05, 0.1) is 11.4 Å². The van der Waals surface area contributed by atoms with Crippen LogP contribution in [0.5, 0.6) is 0 Å². The summed E-state index contributed by atoms with van der Waals surface area (Å²) in [7, 11) is 1.20. The van der Waals surface area contributed by atoms with Crippen LogP contribution in [0.1, 0.15) is 20.7 Å². The van der Waals surface area contributed by atoms with E-state index in [2.05, 4.69) is 22.3 Å². The Bertz CT molecular complexity index is 916. The summed E-state index contributed by atoms with van der Waals surface area (Å²) in [6.07, 6.45) is 0. The minimum absolute atomic E-state index is 0.248. The third-order valence-electron chi connectivity index (χ3n) is 3.68. The molecule has 0 spiro atoms. The highest BCUT2D eigenvalue weighted by Crippen LogP contribution is 2.36. The van der Waals surface area contributed by atoms with Crippen molar-refractivity contribution in [2.45, 2.75) is 4.90 Å². The highest BCUT2D eigenvalue weighted by Gasteiger charge is 2.15. The maximum atomic E-state index is 12.5. The van der Waals surface area contributed by atoms with Crippen molar-refractivity contribution >= 4 is 45.6 Å². The molecule has 0 atom stereocenters. The number of rotatable bonds is 5. The van der Waals surface area contributed by atoms with Gasteiger partial charge in [0.15, 0.2) is 0 Å². The van der Waals surface area contributed by atoms with Crippen LogP contribution in [0.2, 0.25) is 0 Å². The van der Waals surface area contributed by atoms with E-state index in [1.165, 1.54) is 10.8 Å². The molecule has 0 fully saturated rings. The smallest absolute Gasteiger partial charge is 0.255 e. The number of benzene rings is 3. The molecule has 2 amide bonds. The van der Waals surface area contributed by atoms with Gasteiger partial charge in [-0.15, -0.1) is 11.7 Å². The first-order valence-electron chi connectivity index (χ1n) is 7.86. The fourth-order valence-electron chi connectivity index (χ4n) is 2.40. The average Bonchev–Trinajstić information content (AvgIpc) is 2.70. The molecule has 6 heteroatoms. The molecule has 26 heavy (non-hydrogen) atoms. The largest absolute Gasteiger partial charge is 0.320 e. The molecule has 0 heterocycles. The lowest BCUT2D eigenvalue weighted by Gasteiger charge is -2.15. The Morgan fingerprint density at radius 1 is 0.692 bits per heavy atom. The molecule has 0 saturated heterocycles. The molecule has 0 aliphatic carbocycles. The van der Waals surface area contributed by atoms with Crippen LogP contribution in [0.4, 0.5) is 11.4 Å². The van der Waals surface area contributed by atoms with Crippen LogP contribution in [-0.2, 0) is 0 Å². The molecule has 0 bridgehead atoms. The summed E-state index contributed by atoms with van der Waals surface area (Å²) in [4.78, 5) is 25.7. The molecule has 3 rings (SSSR count). The fraction of sp³-hybridized carbons (Fsp3) is 0. The molecule has 0 aliphatic rings. The zero-order chi connectivity index (χ0) is 18.4. The van der Waals surface area contributed by atoms with E-state index in [9.17, 15) is 9.59 Å². The second kappa shape index (κ2) is 8.60.